The van der Waals surface area contributed by atoms with Crippen LogP contribution in [-0.4, -0.2) is 26.4 Å². The number of hydrogen-bond donors (Lipinski definition) is 1. The molecule has 1 aromatic rings. The summed E-state index contributed by atoms with van der Waals surface area (Å²) >= 11 is 0. The van der Waals surface area contributed by atoms with Gasteiger partial charge in [0, 0.05) is 25.1 Å². The molecule has 0 spiro atoms. The van der Waals surface area contributed by atoms with Gasteiger partial charge in [0.15, 0.2) is 0 Å². The number of ether oxygens (including phenoxy) is 1. The molecule has 0 aliphatic rings. The van der Waals surface area contributed by atoms with Crippen LogP contribution < -0.4 is 5.32 Å². The lowest BCUT2D eigenvalue weighted by molar-refractivity contribution is -0.139. The molecule has 6 heteroatoms. The monoisotopic (exact) mass is 279 g/mol. The third-order valence-corrected chi connectivity index (χ3v) is 2.57. The largest absolute Gasteiger partial charge is 0.389 e. The van der Waals surface area contributed by atoms with Crippen molar-refractivity contribution < 1.29 is 22.3 Å². The first-order chi connectivity index (χ1) is 8.94. The number of rotatable bonds is 7. The van der Waals surface area contributed by atoms with Gasteiger partial charge in [-0.1, -0.05) is 18.2 Å². The molecule has 0 bridgehead atoms. The van der Waals surface area contributed by atoms with Crippen molar-refractivity contribution in [3.63, 3.8) is 0 Å². The lowest BCUT2D eigenvalue weighted by atomic mass is 10.1. The SMILES string of the molecule is CNCC(OCCCC(F)(F)F)c1ccccc1F. The van der Waals surface area contributed by atoms with Crippen molar-refractivity contribution in [1.82, 2.24) is 5.32 Å². The molecule has 108 valence electrons. The molecular weight excluding hydrogens is 262 g/mol. The van der Waals surface area contributed by atoms with E-state index in [1.54, 1.807) is 25.2 Å². The number of nitrogens with one attached hydrogen (secondary N) is 1. The Morgan fingerprint density at radius 3 is 2.53 bits per heavy atom. The summed E-state index contributed by atoms with van der Waals surface area (Å²) in [5, 5.41) is 2.84. The van der Waals surface area contributed by atoms with E-state index in [0.29, 0.717) is 12.1 Å². The average Bonchev–Trinajstić information content (AvgIpc) is 2.33. The quantitative estimate of drug-likeness (QED) is 0.610. The van der Waals surface area contributed by atoms with Gasteiger partial charge in [0.2, 0.25) is 0 Å². The van der Waals surface area contributed by atoms with Crippen LogP contribution in [0.2, 0.25) is 0 Å². The maximum Gasteiger partial charge on any atom is 0.389 e. The minimum atomic E-state index is -4.18. The molecule has 0 aliphatic heterocycles. The number of benzene rings is 1. The fourth-order valence-corrected chi connectivity index (χ4v) is 1.68. The zero-order valence-corrected chi connectivity index (χ0v) is 10.6. The minimum absolute atomic E-state index is 0.0554. The summed E-state index contributed by atoms with van der Waals surface area (Å²) in [4.78, 5) is 0. The predicted octanol–water partition coefficient (Wildman–Crippen LogP) is 3.45. The van der Waals surface area contributed by atoms with Gasteiger partial charge in [0.05, 0.1) is 6.10 Å². The van der Waals surface area contributed by atoms with Gasteiger partial charge in [-0.25, -0.2) is 4.39 Å². The summed E-state index contributed by atoms with van der Waals surface area (Å²) < 4.78 is 54.9. The van der Waals surface area contributed by atoms with Gasteiger partial charge in [-0.3, -0.25) is 0 Å². The van der Waals surface area contributed by atoms with E-state index < -0.39 is 24.5 Å². The van der Waals surface area contributed by atoms with Crippen LogP contribution >= 0.6 is 0 Å². The second kappa shape index (κ2) is 7.45. The number of likely N-dealkylation sites (N-methyl/N-ethyl adjacent to an activating group) is 1. The molecule has 0 fully saturated rings. The number of alkyl halides is 3. The van der Waals surface area contributed by atoms with Gasteiger partial charge >= 0.3 is 6.18 Å². The molecule has 0 heterocycles. The molecule has 2 nitrogen and oxygen atoms in total. The normalized spacial score (nSPS) is 13.5. The highest BCUT2D eigenvalue weighted by molar-refractivity contribution is 5.20. The van der Waals surface area contributed by atoms with E-state index in [-0.39, 0.29) is 13.0 Å². The fourth-order valence-electron chi connectivity index (χ4n) is 1.68. The van der Waals surface area contributed by atoms with Crippen LogP contribution in [0.3, 0.4) is 0 Å². The summed E-state index contributed by atoms with van der Waals surface area (Å²) in [6, 6.07) is 6.09. The summed E-state index contributed by atoms with van der Waals surface area (Å²) in [5.74, 6) is -0.418. The number of halogens is 4. The molecule has 0 aromatic heterocycles. The van der Waals surface area contributed by atoms with Crippen LogP contribution in [0, 0.1) is 5.82 Å². The highest BCUT2D eigenvalue weighted by Gasteiger charge is 2.26. The van der Waals surface area contributed by atoms with Crippen molar-refractivity contribution in [2.24, 2.45) is 0 Å². The first kappa shape index (κ1) is 15.9. The Morgan fingerprint density at radius 2 is 1.95 bits per heavy atom. The Bertz CT molecular complexity index is 381. The second-order valence-corrected chi connectivity index (χ2v) is 4.16. The molecule has 0 radical (unpaired) electrons. The van der Waals surface area contributed by atoms with E-state index >= 15 is 0 Å². The minimum Gasteiger partial charge on any atom is -0.372 e. The molecule has 1 atom stereocenters. The predicted molar refractivity (Wildman–Crippen MR) is 64.3 cm³/mol. The molecule has 0 saturated heterocycles. The Hall–Kier alpha value is -1.14. The van der Waals surface area contributed by atoms with Crippen LogP contribution in [0.4, 0.5) is 17.6 Å². The average molecular weight is 279 g/mol. The first-order valence-corrected chi connectivity index (χ1v) is 6.01. The van der Waals surface area contributed by atoms with Gasteiger partial charge < -0.3 is 10.1 Å². The molecule has 1 aromatic carbocycles. The zero-order valence-electron chi connectivity index (χ0n) is 10.6. The number of hydrogen-bond acceptors (Lipinski definition) is 2. The fraction of sp³-hybridized carbons (Fsp3) is 0.538. The highest BCUT2D eigenvalue weighted by Crippen LogP contribution is 2.23. The van der Waals surface area contributed by atoms with E-state index in [1.165, 1.54) is 6.07 Å². The van der Waals surface area contributed by atoms with Crippen LogP contribution in [-0.2, 0) is 4.74 Å². The van der Waals surface area contributed by atoms with Crippen LogP contribution in [0.25, 0.3) is 0 Å². The zero-order chi connectivity index (χ0) is 14.3. The molecule has 19 heavy (non-hydrogen) atoms. The van der Waals surface area contributed by atoms with Crippen molar-refractivity contribution in [2.45, 2.75) is 25.1 Å². The van der Waals surface area contributed by atoms with Crippen molar-refractivity contribution in [3.8, 4) is 0 Å². The molecule has 0 saturated carbocycles. The van der Waals surface area contributed by atoms with E-state index in [4.69, 9.17) is 4.74 Å². The van der Waals surface area contributed by atoms with Gasteiger partial charge in [0.25, 0.3) is 0 Å². The maximum atomic E-state index is 13.6. The third-order valence-electron chi connectivity index (χ3n) is 2.57. The van der Waals surface area contributed by atoms with Gasteiger partial charge in [-0.2, -0.15) is 13.2 Å². The lowest BCUT2D eigenvalue weighted by Gasteiger charge is -2.19. The Labute approximate surface area is 109 Å². The summed E-state index contributed by atoms with van der Waals surface area (Å²) in [7, 11) is 1.67. The molecule has 1 rings (SSSR count). The summed E-state index contributed by atoms with van der Waals surface area (Å²) in [6.07, 6.45) is -5.78. The smallest absolute Gasteiger partial charge is 0.372 e. The van der Waals surface area contributed by atoms with Gasteiger partial charge in [-0.05, 0) is 19.5 Å². The van der Waals surface area contributed by atoms with Gasteiger partial charge in [0.1, 0.15) is 5.82 Å². The lowest BCUT2D eigenvalue weighted by Crippen LogP contribution is -2.21. The van der Waals surface area contributed by atoms with Crippen LogP contribution in [0.1, 0.15) is 24.5 Å². The van der Waals surface area contributed by atoms with Crippen molar-refractivity contribution in [2.75, 3.05) is 20.2 Å². The van der Waals surface area contributed by atoms with Crippen LogP contribution in [0.15, 0.2) is 24.3 Å². The highest BCUT2D eigenvalue weighted by atomic mass is 19.4. The molecule has 0 amide bonds. The topological polar surface area (TPSA) is 21.3 Å². The van der Waals surface area contributed by atoms with Crippen molar-refractivity contribution in [1.29, 1.82) is 0 Å². The van der Waals surface area contributed by atoms with E-state index in [1.807, 2.05) is 0 Å². The third kappa shape index (κ3) is 6.02. The van der Waals surface area contributed by atoms with Crippen molar-refractivity contribution in [3.05, 3.63) is 35.6 Å². The van der Waals surface area contributed by atoms with E-state index in [2.05, 4.69) is 5.32 Å². The van der Waals surface area contributed by atoms with E-state index in [9.17, 15) is 17.6 Å². The van der Waals surface area contributed by atoms with Gasteiger partial charge in [-0.15, -0.1) is 0 Å². The van der Waals surface area contributed by atoms with E-state index in [0.717, 1.165) is 0 Å². The van der Waals surface area contributed by atoms with Crippen LogP contribution in [0.5, 0.6) is 0 Å². The molecule has 0 aliphatic carbocycles. The molecule has 1 N–H and O–H groups in total. The Balaban J connectivity index is 2.52. The Morgan fingerprint density at radius 1 is 1.26 bits per heavy atom. The summed E-state index contributed by atoms with van der Waals surface area (Å²) in [6.45, 7) is 0.285. The standard InChI is InChI=1S/C13H17F4NO/c1-18-9-12(10-5-2-3-6-11(10)14)19-8-4-7-13(15,16)17/h2-3,5-6,12,18H,4,7-9H2,1H3. The Kier molecular flexibility index (Phi) is 6.24. The second-order valence-electron chi connectivity index (χ2n) is 4.16. The molecular formula is C13H17F4NO. The molecule has 1 unspecified atom stereocenters. The van der Waals surface area contributed by atoms with Crippen molar-refractivity contribution >= 4 is 0 Å². The summed E-state index contributed by atoms with van der Waals surface area (Å²) in [5.41, 5.74) is 0.351. The maximum absolute atomic E-state index is 13.6. The first-order valence-electron chi connectivity index (χ1n) is 6.01.